The van der Waals surface area contributed by atoms with Crippen molar-refractivity contribution in [1.82, 2.24) is 15.2 Å². The minimum Gasteiger partial charge on any atom is -0.464 e. The van der Waals surface area contributed by atoms with E-state index < -0.39 is 5.97 Å². The molecule has 0 saturated heterocycles. The number of rotatable bonds is 2. The predicted octanol–water partition coefficient (Wildman–Crippen LogP) is 0.907. The Hall–Kier alpha value is -2.50. The van der Waals surface area contributed by atoms with Crippen LogP contribution in [0.15, 0.2) is 30.3 Å². The molecule has 86 valence electrons. The number of esters is 1. The molecule has 0 aliphatic rings. The van der Waals surface area contributed by atoms with Crippen LogP contribution in [-0.2, 0) is 4.74 Å². The van der Waals surface area contributed by atoms with E-state index in [0.29, 0.717) is 17.2 Å². The molecule has 0 aliphatic carbocycles. The molecule has 6 nitrogen and oxygen atoms in total. The maximum absolute atomic E-state index is 11.2. The molecule has 0 radical (unpaired) electrons. The van der Waals surface area contributed by atoms with Crippen LogP contribution in [-0.4, -0.2) is 28.3 Å². The number of aromatic nitrogens is 3. The van der Waals surface area contributed by atoms with Crippen molar-refractivity contribution in [2.45, 2.75) is 0 Å². The molecule has 0 atom stereocenters. The Kier molecular flexibility index (Phi) is 2.95. The lowest BCUT2D eigenvalue weighted by atomic mass is 10.2. The second kappa shape index (κ2) is 4.56. The smallest absolute Gasteiger partial charge is 0.358 e. The van der Waals surface area contributed by atoms with E-state index in [9.17, 15) is 4.79 Å². The molecule has 2 N–H and O–H groups in total. The molecule has 6 heteroatoms. The summed E-state index contributed by atoms with van der Waals surface area (Å²) in [4.78, 5) is 15.3. The number of hydrogen-bond acceptors (Lipinski definition) is 6. The number of anilines is 1. The van der Waals surface area contributed by atoms with Crippen LogP contribution in [0.3, 0.4) is 0 Å². The fraction of sp³-hybridized carbons (Fsp3) is 0.0909. The van der Waals surface area contributed by atoms with Gasteiger partial charge in [-0.15, -0.1) is 10.2 Å². The standard InChI is InChI=1S/C11H10N4O2/c1-17-11(16)9-6-5-8(14-15-9)7-3-2-4-10(12)13-7/h2-6H,1H3,(H2,12,13). The van der Waals surface area contributed by atoms with Gasteiger partial charge in [-0.1, -0.05) is 6.07 Å². The average molecular weight is 230 g/mol. The molecule has 2 heterocycles. The molecule has 0 fully saturated rings. The SMILES string of the molecule is COC(=O)c1ccc(-c2cccc(N)n2)nn1. The van der Waals surface area contributed by atoms with Crippen LogP contribution in [0, 0.1) is 0 Å². The molecule has 0 amide bonds. The fourth-order valence-corrected chi connectivity index (χ4v) is 1.28. The number of carbonyl (C=O) groups excluding carboxylic acids is 1. The summed E-state index contributed by atoms with van der Waals surface area (Å²) >= 11 is 0. The number of methoxy groups -OCH3 is 1. The number of nitrogens with zero attached hydrogens (tertiary/aromatic N) is 3. The number of nitrogens with two attached hydrogens (primary N) is 1. The van der Waals surface area contributed by atoms with E-state index in [4.69, 9.17) is 5.73 Å². The predicted molar refractivity (Wildman–Crippen MR) is 61.0 cm³/mol. The van der Waals surface area contributed by atoms with Crippen molar-refractivity contribution in [1.29, 1.82) is 0 Å². The van der Waals surface area contributed by atoms with E-state index in [1.807, 2.05) is 0 Å². The zero-order chi connectivity index (χ0) is 12.3. The van der Waals surface area contributed by atoms with E-state index in [1.165, 1.54) is 13.2 Å². The van der Waals surface area contributed by atoms with Crippen molar-refractivity contribution in [3.05, 3.63) is 36.0 Å². The van der Waals surface area contributed by atoms with Crippen LogP contribution in [0.25, 0.3) is 11.4 Å². The summed E-state index contributed by atoms with van der Waals surface area (Å²) in [6.07, 6.45) is 0. The molecule has 0 saturated carbocycles. The molecule has 2 aromatic heterocycles. The highest BCUT2D eigenvalue weighted by Gasteiger charge is 2.08. The second-order valence-corrected chi connectivity index (χ2v) is 3.24. The van der Waals surface area contributed by atoms with Crippen LogP contribution in [0.2, 0.25) is 0 Å². The Labute approximate surface area is 97.5 Å². The van der Waals surface area contributed by atoms with Gasteiger partial charge in [0.05, 0.1) is 12.8 Å². The maximum Gasteiger partial charge on any atom is 0.358 e. The Morgan fingerprint density at radius 1 is 1.18 bits per heavy atom. The minimum absolute atomic E-state index is 0.153. The van der Waals surface area contributed by atoms with E-state index in [-0.39, 0.29) is 5.69 Å². The van der Waals surface area contributed by atoms with Gasteiger partial charge in [0.2, 0.25) is 0 Å². The van der Waals surface area contributed by atoms with Gasteiger partial charge in [0.15, 0.2) is 5.69 Å². The first-order chi connectivity index (χ1) is 8.20. The van der Waals surface area contributed by atoms with E-state index in [1.54, 1.807) is 24.3 Å². The zero-order valence-corrected chi connectivity index (χ0v) is 9.12. The minimum atomic E-state index is -0.524. The van der Waals surface area contributed by atoms with Crippen LogP contribution >= 0.6 is 0 Å². The molecule has 0 unspecified atom stereocenters. The summed E-state index contributed by atoms with van der Waals surface area (Å²) < 4.78 is 4.52. The number of ether oxygens (including phenoxy) is 1. The van der Waals surface area contributed by atoms with E-state index in [2.05, 4.69) is 19.9 Å². The summed E-state index contributed by atoms with van der Waals surface area (Å²) in [5, 5.41) is 7.64. The number of pyridine rings is 1. The molecule has 17 heavy (non-hydrogen) atoms. The monoisotopic (exact) mass is 230 g/mol. The van der Waals surface area contributed by atoms with Crippen LogP contribution in [0.5, 0.6) is 0 Å². The largest absolute Gasteiger partial charge is 0.464 e. The fourth-order valence-electron chi connectivity index (χ4n) is 1.28. The van der Waals surface area contributed by atoms with Gasteiger partial charge in [0, 0.05) is 0 Å². The number of hydrogen-bond donors (Lipinski definition) is 1. The molecule has 0 bridgehead atoms. The molecule has 0 aromatic carbocycles. The van der Waals surface area contributed by atoms with Gasteiger partial charge in [0.1, 0.15) is 11.5 Å². The molecular formula is C11H10N4O2. The third-order valence-electron chi connectivity index (χ3n) is 2.09. The first-order valence-electron chi connectivity index (χ1n) is 4.85. The Morgan fingerprint density at radius 3 is 2.59 bits per heavy atom. The zero-order valence-electron chi connectivity index (χ0n) is 9.12. The van der Waals surface area contributed by atoms with E-state index in [0.717, 1.165) is 0 Å². The lowest BCUT2D eigenvalue weighted by Gasteiger charge is -2.01. The van der Waals surface area contributed by atoms with Crippen LogP contribution in [0.1, 0.15) is 10.5 Å². The average Bonchev–Trinajstić information content (AvgIpc) is 2.38. The van der Waals surface area contributed by atoms with Crippen molar-refractivity contribution in [3.63, 3.8) is 0 Å². The van der Waals surface area contributed by atoms with Gasteiger partial charge in [0.25, 0.3) is 0 Å². The van der Waals surface area contributed by atoms with Gasteiger partial charge in [-0.25, -0.2) is 9.78 Å². The summed E-state index contributed by atoms with van der Waals surface area (Å²) in [6.45, 7) is 0. The Balaban J connectivity index is 2.32. The van der Waals surface area contributed by atoms with Crippen molar-refractivity contribution < 1.29 is 9.53 Å². The molecule has 0 aliphatic heterocycles. The van der Waals surface area contributed by atoms with Gasteiger partial charge in [-0.3, -0.25) is 0 Å². The van der Waals surface area contributed by atoms with E-state index >= 15 is 0 Å². The highest BCUT2D eigenvalue weighted by atomic mass is 16.5. The van der Waals surface area contributed by atoms with Crippen LogP contribution in [0.4, 0.5) is 5.82 Å². The highest BCUT2D eigenvalue weighted by molar-refractivity contribution is 5.87. The van der Waals surface area contributed by atoms with Gasteiger partial charge >= 0.3 is 5.97 Å². The molecule has 2 rings (SSSR count). The number of nitrogen functional groups attached to an aromatic ring is 1. The summed E-state index contributed by atoms with van der Waals surface area (Å²) in [6, 6.07) is 8.38. The second-order valence-electron chi connectivity index (χ2n) is 3.24. The number of carbonyl (C=O) groups is 1. The van der Waals surface area contributed by atoms with Crippen molar-refractivity contribution in [3.8, 4) is 11.4 Å². The first kappa shape index (κ1) is 11.0. The van der Waals surface area contributed by atoms with Gasteiger partial charge < -0.3 is 10.5 Å². The van der Waals surface area contributed by atoms with Gasteiger partial charge in [-0.2, -0.15) is 0 Å². The first-order valence-corrected chi connectivity index (χ1v) is 4.85. The van der Waals surface area contributed by atoms with Crippen LogP contribution < -0.4 is 5.73 Å². The summed E-state index contributed by atoms with van der Waals surface area (Å²) in [5.41, 5.74) is 6.87. The lowest BCUT2D eigenvalue weighted by Crippen LogP contribution is -2.05. The Bertz CT molecular complexity index is 539. The molecular weight excluding hydrogens is 220 g/mol. The maximum atomic E-state index is 11.2. The molecule has 0 spiro atoms. The van der Waals surface area contributed by atoms with Gasteiger partial charge in [-0.05, 0) is 24.3 Å². The third-order valence-corrected chi connectivity index (χ3v) is 2.09. The van der Waals surface area contributed by atoms with Crippen molar-refractivity contribution in [2.75, 3.05) is 12.8 Å². The normalized spacial score (nSPS) is 9.94. The summed E-state index contributed by atoms with van der Waals surface area (Å²) in [7, 11) is 1.29. The molecule has 2 aromatic rings. The van der Waals surface area contributed by atoms with Crippen molar-refractivity contribution in [2.24, 2.45) is 0 Å². The topological polar surface area (TPSA) is 91.0 Å². The highest BCUT2D eigenvalue weighted by Crippen LogP contribution is 2.14. The Morgan fingerprint density at radius 2 is 2.00 bits per heavy atom. The third kappa shape index (κ3) is 2.36. The quantitative estimate of drug-likeness (QED) is 0.771. The van der Waals surface area contributed by atoms with Crippen molar-refractivity contribution >= 4 is 11.8 Å². The lowest BCUT2D eigenvalue weighted by molar-refractivity contribution is 0.0592. The summed E-state index contributed by atoms with van der Waals surface area (Å²) in [5.74, 6) is -0.120.